The lowest BCUT2D eigenvalue weighted by Gasteiger charge is -2.28. The van der Waals surface area contributed by atoms with Gasteiger partial charge in [-0.25, -0.2) is 0 Å². The van der Waals surface area contributed by atoms with Crippen LogP contribution >= 0.6 is 0 Å². The summed E-state index contributed by atoms with van der Waals surface area (Å²) in [6.07, 6.45) is 6.22. The Morgan fingerprint density at radius 1 is 1.19 bits per heavy atom. The van der Waals surface area contributed by atoms with E-state index >= 15 is 0 Å². The first-order valence-corrected chi connectivity index (χ1v) is 9.58. The van der Waals surface area contributed by atoms with Crippen molar-refractivity contribution in [2.75, 3.05) is 20.1 Å². The molecule has 0 aliphatic carbocycles. The summed E-state index contributed by atoms with van der Waals surface area (Å²) in [5, 5.41) is 2.83. The summed E-state index contributed by atoms with van der Waals surface area (Å²) in [6, 6.07) is 12.1. The average Bonchev–Trinajstić information content (AvgIpc) is 3.14. The van der Waals surface area contributed by atoms with Gasteiger partial charge >= 0.3 is 0 Å². The Balaban J connectivity index is 1.92. The SMILES string of the molecule is CCCC(=O)N1CC[C@](Cc2ccccc2-c2ccncc2)(C(=O)NC)C1. The largest absolute Gasteiger partial charge is 0.359 e. The number of amides is 2. The number of pyridine rings is 1. The van der Waals surface area contributed by atoms with Gasteiger partial charge in [0.05, 0.1) is 5.41 Å². The molecule has 3 rings (SSSR count). The van der Waals surface area contributed by atoms with Crippen LogP contribution in [-0.4, -0.2) is 41.8 Å². The maximum atomic E-state index is 12.9. The van der Waals surface area contributed by atoms with Crippen LogP contribution in [0.3, 0.4) is 0 Å². The molecule has 0 saturated carbocycles. The molecule has 0 unspecified atom stereocenters. The molecule has 1 N–H and O–H groups in total. The van der Waals surface area contributed by atoms with Crippen LogP contribution in [0.25, 0.3) is 11.1 Å². The minimum atomic E-state index is -0.582. The number of likely N-dealkylation sites (tertiary alicyclic amines) is 1. The van der Waals surface area contributed by atoms with Gasteiger partial charge in [-0.2, -0.15) is 0 Å². The van der Waals surface area contributed by atoms with Gasteiger partial charge in [-0.15, -0.1) is 0 Å². The summed E-state index contributed by atoms with van der Waals surface area (Å²) in [5.41, 5.74) is 2.74. The Hall–Kier alpha value is -2.69. The third-order valence-corrected chi connectivity index (χ3v) is 5.42. The highest BCUT2D eigenvalue weighted by Gasteiger charge is 2.45. The van der Waals surface area contributed by atoms with Gasteiger partial charge in [0.1, 0.15) is 0 Å². The summed E-state index contributed by atoms with van der Waals surface area (Å²) < 4.78 is 0. The van der Waals surface area contributed by atoms with Crippen molar-refractivity contribution in [1.82, 2.24) is 15.2 Å². The smallest absolute Gasteiger partial charge is 0.228 e. The van der Waals surface area contributed by atoms with Gasteiger partial charge in [0.25, 0.3) is 0 Å². The molecule has 1 aromatic heterocycles. The zero-order chi connectivity index (χ0) is 19.3. The first-order valence-electron chi connectivity index (χ1n) is 9.58. The quantitative estimate of drug-likeness (QED) is 0.856. The first-order chi connectivity index (χ1) is 13.1. The normalized spacial score (nSPS) is 19.1. The predicted octanol–water partition coefficient (Wildman–Crippen LogP) is 3.06. The van der Waals surface area contributed by atoms with Crippen molar-refractivity contribution < 1.29 is 9.59 Å². The van der Waals surface area contributed by atoms with E-state index in [4.69, 9.17) is 0 Å². The molecule has 1 aromatic carbocycles. The molecule has 2 aromatic rings. The zero-order valence-electron chi connectivity index (χ0n) is 16.1. The third kappa shape index (κ3) is 4.02. The molecule has 1 aliphatic rings. The summed E-state index contributed by atoms with van der Waals surface area (Å²) in [5.74, 6) is 0.157. The number of rotatable bonds is 6. The van der Waals surface area contributed by atoms with E-state index < -0.39 is 5.41 Å². The van der Waals surface area contributed by atoms with Crippen molar-refractivity contribution in [3.8, 4) is 11.1 Å². The highest BCUT2D eigenvalue weighted by atomic mass is 16.2. The van der Waals surface area contributed by atoms with Crippen LogP contribution in [0.1, 0.15) is 31.7 Å². The second-order valence-corrected chi connectivity index (χ2v) is 7.24. The van der Waals surface area contributed by atoms with Crippen molar-refractivity contribution in [2.45, 2.75) is 32.6 Å². The Morgan fingerprint density at radius 2 is 1.93 bits per heavy atom. The average molecular weight is 365 g/mol. The fourth-order valence-electron chi connectivity index (χ4n) is 3.98. The number of aromatic nitrogens is 1. The molecule has 1 saturated heterocycles. The summed E-state index contributed by atoms with van der Waals surface area (Å²) in [7, 11) is 1.68. The molecule has 0 spiro atoms. The first kappa shape index (κ1) is 19.1. The Kier molecular flexibility index (Phi) is 5.89. The molecule has 27 heavy (non-hydrogen) atoms. The summed E-state index contributed by atoms with van der Waals surface area (Å²) in [4.78, 5) is 31.2. The van der Waals surface area contributed by atoms with E-state index in [0.717, 1.165) is 23.1 Å². The lowest BCUT2D eigenvalue weighted by molar-refractivity contribution is -0.133. The topological polar surface area (TPSA) is 62.3 Å². The van der Waals surface area contributed by atoms with Crippen LogP contribution in [0.5, 0.6) is 0 Å². The van der Waals surface area contributed by atoms with Gasteiger partial charge in [-0.3, -0.25) is 14.6 Å². The van der Waals surface area contributed by atoms with Gasteiger partial charge in [-0.05, 0) is 48.1 Å². The molecule has 5 nitrogen and oxygen atoms in total. The molecule has 2 heterocycles. The van der Waals surface area contributed by atoms with E-state index in [1.54, 1.807) is 19.4 Å². The number of nitrogens with zero attached hydrogens (tertiary/aromatic N) is 2. The highest BCUT2D eigenvalue weighted by Crippen LogP contribution is 2.37. The molecular weight excluding hydrogens is 338 g/mol. The predicted molar refractivity (Wildman–Crippen MR) is 106 cm³/mol. The lowest BCUT2D eigenvalue weighted by atomic mass is 9.78. The van der Waals surface area contributed by atoms with Crippen molar-refractivity contribution in [3.63, 3.8) is 0 Å². The van der Waals surface area contributed by atoms with Gasteiger partial charge in [0.15, 0.2) is 0 Å². The number of nitrogens with one attached hydrogen (secondary N) is 1. The fourth-order valence-corrected chi connectivity index (χ4v) is 3.98. The molecule has 2 amide bonds. The van der Waals surface area contributed by atoms with Crippen molar-refractivity contribution in [3.05, 3.63) is 54.4 Å². The van der Waals surface area contributed by atoms with Crippen molar-refractivity contribution in [2.24, 2.45) is 5.41 Å². The van der Waals surface area contributed by atoms with Crippen LogP contribution in [0.4, 0.5) is 0 Å². The minimum Gasteiger partial charge on any atom is -0.359 e. The van der Waals surface area contributed by atoms with Crippen molar-refractivity contribution in [1.29, 1.82) is 0 Å². The van der Waals surface area contributed by atoms with E-state index in [0.29, 0.717) is 32.4 Å². The number of hydrogen-bond acceptors (Lipinski definition) is 3. The molecule has 142 valence electrons. The molecular formula is C22H27N3O2. The molecule has 0 radical (unpaired) electrons. The number of hydrogen-bond donors (Lipinski definition) is 1. The van der Waals surface area contributed by atoms with E-state index in [2.05, 4.69) is 22.4 Å². The Labute approximate surface area is 160 Å². The highest BCUT2D eigenvalue weighted by molar-refractivity contribution is 5.86. The Bertz CT molecular complexity index is 806. The van der Waals surface area contributed by atoms with Crippen LogP contribution in [0.15, 0.2) is 48.8 Å². The fraction of sp³-hybridized carbons (Fsp3) is 0.409. The van der Waals surface area contributed by atoms with E-state index in [-0.39, 0.29) is 11.8 Å². The maximum absolute atomic E-state index is 12.9. The third-order valence-electron chi connectivity index (χ3n) is 5.42. The second kappa shape index (κ2) is 8.33. The summed E-state index contributed by atoms with van der Waals surface area (Å²) in [6.45, 7) is 3.13. The lowest BCUT2D eigenvalue weighted by Crippen LogP contribution is -2.44. The maximum Gasteiger partial charge on any atom is 0.228 e. The minimum absolute atomic E-state index is 0.0128. The molecule has 1 fully saturated rings. The van der Waals surface area contributed by atoms with Crippen LogP contribution in [0, 0.1) is 5.41 Å². The monoisotopic (exact) mass is 365 g/mol. The summed E-state index contributed by atoms with van der Waals surface area (Å²) >= 11 is 0. The molecule has 1 aliphatic heterocycles. The van der Waals surface area contributed by atoms with Crippen LogP contribution < -0.4 is 5.32 Å². The molecule has 5 heteroatoms. The van der Waals surface area contributed by atoms with Gasteiger partial charge in [0.2, 0.25) is 11.8 Å². The van der Waals surface area contributed by atoms with Gasteiger partial charge in [-0.1, -0.05) is 31.2 Å². The Morgan fingerprint density at radius 3 is 2.63 bits per heavy atom. The van der Waals surface area contributed by atoms with E-state index in [1.807, 2.05) is 36.1 Å². The van der Waals surface area contributed by atoms with Crippen LogP contribution in [-0.2, 0) is 16.0 Å². The standard InChI is InChI=1S/C22H27N3O2/c1-3-6-20(26)25-14-11-22(16-25,21(27)23-2)15-18-7-4-5-8-19(18)17-9-12-24-13-10-17/h4-5,7-10,12-13H,3,6,11,14-16H2,1-2H3,(H,23,27)/t22-/m1/s1. The molecule has 1 atom stereocenters. The zero-order valence-corrected chi connectivity index (χ0v) is 16.1. The van der Waals surface area contributed by atoms with E-state index in [9.17, 15) is 9.59 Å². The number of carbonyl (C=O) groups is 2. The van der Waals surface area contributed by atoms with Gasteiger partial charge in [0, 0.05) is 39.0 Å². The van der Waals surface area contributed by atoms with E-state index in [1.165, 1.54) is 0 Å². The van der Waals surface area contributed by atoms with Crippen molar-refractivity contribution >= 4 is 11.8 Å². The number of benzene rings is 1. The van der Waals surface area contributed by atoms with Gasteiger partial charge < -0.3 is 10.2 Å². The number of carbonyl (C=O) groups excluding carboxylic acids is 2. The molecule has 0 bridgehead atoms. The second-order valence-electron chi connectivity index (χ2n) is 7.24. The van der Waals surface area contributed by atoms with Crippen LogP contribution in [0.2, 0.25) is 0 Å².